The van der Waals surface area contributed by atoms with Crippen molar-refractivity contribution in [3.8, 4) is 0 Å². The van der Waals surface area contributed by atoms with Gasteiger partial charge in [-0.15, -0.1) is 0 Å². The molecule has 0 fully saturated rings. The summed E-state index contributed by atoms with van der Waals surface area (Å²) < 4.78 is 29.0. The molecular weight excluding hydrogens is 264 g/mol. The summed E-state index contributed by atoms with van der Waals surface area (Å²) in [6.07, 6.45) is 0. The van der Waals surface area contributed by atoms with Gasteiger partial charge in [0.05, 0.1) is 11.4 Å². The van der Waals surface area contributed by atoms with Gasteiger partial charge >= 0.3 is 0 Å². The molecule has 1 aromatic rings. The lowest BCUT2D eigenvalue weighted by Gasteiger charge is -2.12. The predicted molar refractivity (Wildman–Crippen MR) is 75.4 cm³/mol. The van der Waals surface area contributed by atoms with E-state index in [0.717, 1.165) is 0 Å². The van der Waals surface area contributed by atoms with Gasteiger partial charge < -0.3 is 5.73 Å². The molecule has 0 aliphatic heterocycles. The van der Waals surface area contributed by atoms with Crippen molar-refractivity contribution in [3.63, 3.8) is 0 Å². The summed E-state index contributed by atoms with van der Waals surface area (Å²) in [6, 6.07) is -0.294. The Balaban J connectivity index is 3.17. The maximum atomic E-state index is 12.3. The smallest absolute Gasteiger partial charge is 0.244 e. The Morgan fingerprint density at radius 1 is 1.32 bits per heavy atom. The first kappa shape index (κ1) is 16.1. The molecule has 6 nitrogen and oxygen atoms in total. The summed E-state index contributed by atoms with van der Waals surface area (Å²) >= 11 is 0. The zero-order valence-electron chi connectivity index (χ0n) is 12.3. The largest absolute Gasteiger partial charge is 0.329 e. The van der Waals surface area contributed by atoms with Gasteiger partial charge in [0.1, 0.15) is 4.90 Å². The van der Waals surface area contributed by atoms with Crippen LogP contribution in [0.4, 0.5) is 0 Å². The van der Waals surface area contributed by atoms with E-state index in [1.165, 1.54) is 0 Å². The van der Waals surface area contributed by atoms with Gasteiger partial charge in [-0.05, 0) is 26.7 Å². The van der Waals surface area contributed by atoms with Crippen molar-refractivity contribution in [2.45, 2.75) is 52.1 Å². The minimum Gasteiger partial charge on any atom is -0.329 e. The summed E-state index contributed by atoms with van der Waals surface area (Å²) in [4.78, 5) is 0.272. The molecule has 19 heavy (non-hydrogen) atoms. The zero-order valence-corrected chi connectivity index (χ0v) is 13.1. The van der Waals surface area contributed by atoms with E-state index >= 15 is 0 Å². The minimum absolute atomic E-state index is 0.261. The molecule has 0 saturated carbocycles. The van der Waals surface area contributed by atoms with E-state index in [0.29, 0.717) is 23.9 Å². The van der Waals surface area contributed by atoms with E-state index < -0.39 is 10.0 Å². The molecule has 110 valence electrons. The van der Waals surface area contributed by atoms with Gasteiger partial charge in [0.15, 0.2) is 0 Å². The molecule has 0 aromatic carbocycles. The Kier molecular flexibility index (Phi) is 5.11. The van der Waals surface area contributed by atoms with Gasteiger partial charge in [0, 0.05) is 19.1 Å². The summed E-state index contributed by atoms with van der Waals surface area (Å²) in [5.41, 5.74) is 6.65. The quantitative estimate of drug-likeness (QED) is 0.809. The van der Waals surface area contributed by atoms with Gasteiger partial charge in [-0.1, -0.05) is 13.8 Å². The minimum atomic E-state index is -3.56. The number of aromatic nitrogens is 2. The number of hydrogen-bond donors (Lipinski definition) is 2. The Morgan fingerprint density at radius 3 is 2.37 bits per heavy atom. The topological polar surface area (TPSA) is 90.0 Å². The molecule has 0 radical (unpaired) electrons. The summed E-state index contributed by atoms with van der Waals surface area (Å²) in [5, 5.41) is 4.32. The molecule has 3 N–H and O–H groups in total. The van der Waals surface area contributed by atoms with Crippen LogP contribution in [0, 0.1) is 19.8 Å². The number of rotatable bonds is 6. The SMILES string of the molecule is Cc1nn(CC(C)C)c(C)c1S(=O)(=O)N[C@@H](C)CN. The van der Waals surface area contributed by atoms with E-state index in [-0.39, 0.29) is 17.5 Å². The number of nitrogens with two attached hydrogens (primary N) is 1. The number of sulfonamides is 1. The van der Waals surface area contributed by atoms with E-state index in [1.807, 2.05) is 0 Å². The first-order valence-electron chi connectivity index (χ1n) is 6.45. The fraction of sp³-hybridized carbons (Fsp3) is 0.750. The second kappa shape index (κ2) is 6.02. The van der Waals surface area contributed by atoms with Crippen LogP contribution in [0.5, 0.6) is 0 Å². The van der Waals surface area contributed by atoms with Gasteiger partial charge in [0.25, 0.3) is 0 Å². The molecule has 0 bridgehead atoms. The molecule has 0 saturated heterocycles. The number of hydrogen-bond acceptors (Lipinski definition) is 4. The average Bonchev–Trinajstić information content (AvgIpc) is 2.52. The highest BCUT2D eigenvalue weighted by atomic mass is 32.2. The molecule has 1 heterocycles. The van der Waals surface area contributed by atoms with Crippen LogP contribution in [-0.2, 0) is 16.6 Å². The van der Waals surface area contributed by atoms with Crippen LogP contribution in [0.1, 0.15) is 32.2 Å². The van der Waals surface area contributed by atoms with Gasteiger partial charge in [0.2, 0.25) is 10.0 Å². The summed E-state index contributed by atoms with van der Waals surface area (Å²) in [7, 11) is -3.56. The average molecular weight is 288 g/mol. The maximum Gasteiger partial charge on any atom is 0.244 e. The van der Waals surface area contributed by atoms with E-state index in [9.17, 15) is 8.42 Å². The van der Waals surface area contributed by atoms with E-state index in [4.69, 9.17) is 5.73 Å². The van der Waals surface area contributed by atoms with Gasteiger partial charge in [-0.2, -0.15) is 5.10 Å². The fourth-order valence-corrected chi connectivity index (χ4v) is 3.63. The molecule has 1 aromatic heterocycles. The van der Waals surface area contributed by atoms with Crippen molar-refractivity contribution >= 4 is 10.0 Å². The normalized spacial score (nSPS) is 14.1. The molecule has 1 atom stereocenters. The molecule has 1 rings (SSSR count). The second-order valence-corrected chi connectivity index (χ2v) is 6.98. The first-order chi connectivity index (χ1) is 8.69. The van der Waals surface area contributed by atoms with E-state index in [2.05, 4.69) is 23.7 Å². The van der Waals surface area contributed by atoms with Crippen LogP contribution in [0.15, 0.2) is 4.90 Å². The molecule has 0 spiro atoms. The molecule has 0 unspecified atom stereocenters. The predicted octanol–water partition coefficient (Wildman–Crippen LogP) is 0.781. The highest BCUT2D eigenvalue weighted by Crippen LogP contribution is 2.20. The summed E-state index contributed by atoms with van der Waals surface area (Å²) in [5.74, 6) is 0.407. The highest BCUT2D eigenvalue weighted by molar-refractivity contribution is 7.89. The third-order valence-electron chi connectivity index (χ3n) is 2.83. The molecule has 7 heteroatoms. The number of nitrogens with one attached hydrogen (secondary N) is 1. The zero-order chi connectivity index (χ0) is 14.8. The van der Waals surface area contributed by atoms with E-state index in [1.54, 1.807) is 25.5 Å². The molecule has 0 aliphatic rings. The molecule has 0 aliphatic carbocycles. The van der Waals surface area contributed by atoms with Crippen molar-refractivity contribution in [1.29, 1.82) is 0 Å². The first-order valence-corrected chi connectivity index (χ1v) is 7.93. The molecular formula is C12H24N4O2S. The van der Waals surface area contributed by atoms with Crippen LogP contribution in [0.3, 0.4) is 0 Å². The Morgan fingerprint density at radius 2 is 1.89 bits per heavy atom. The van der Waals surface area contributed by atoms with Gasteiger partial charge in [-0.3, -0.25) is 4.68 Å². The fourth-order valence-electron chi connectivity index (χ4n) is 1.96. The molecule has 0 amide bonds. The van der Waals surface area contributed by atoms with Crippen LogP contribution in [-0.4, -0.2) is 30.8 Å². The van der Waals surface area contributed by atoms with Crippen LogP contribution in [0.2, 0.25) is 0 Å². The van der Waals surface area contributed by atoms with Crippen molar-refractivity contribution in [1.82, 2.24) is 14.5 Å². The Bertz CT molecular complexity index is 534. The van der Waals surface area contributed by atoms with Crippen molar-refractivity contribution in [2.24, 2.45) is 11.7 Å². The lowest BCUT2D eigenvalue weighted by atomic mass is 10.2. The van der Waals surface area contributed by atoms with Crippen LogP contribution in [0.25, 0.3) is 0 Å². The standard InChI is InChI=1S/C12H24N4O2S/c1-8(2)7-16-11(5)12(10(4)14-16)19(17,18)15-9(3)6-13/h8-9,15H,6-7,13H2,1-5H3/t9-/m0/s1. The van der Waals surface area contributed by atoms with Crippen molar-refractivity contribution < 1.29 is 8.42 Å². The van der Waals surface area contributed by atoms with Crippen molar-refractivity contribution in [2.75, 3.05) is 6.54 Å². The van der Waals surface area contributed by atoms with Gasteiger partial charge in [-0.25, -0.2) is 13.1 Å². The lowest BCUT2D eigenvalue weighted by Crippen LogP contribution is -2.38. The Hall–Kier alpha value is -0.920. The van der Waals surface area contributed by atoms with Crippen LogP contribution >= 0.6 is 0 Å². The van der Waals surface area contributed by atoms with Crippen LogP contribution < -0.4 is 10.5 Å². The third kappa shape index (κ3) is 3.77. The van der Waals surface area contributed by atoms with Crippen molar-refractivity contribution in [3.05, 3.63) is 11.4 Å². The monoisotopic (exact) mass is 288 g/mol. The number of nitrogens with zero attached hydrogens (tertiary/aromatic N) is 2. The third-order valence-corrected chi connectivity index (χ3v) is 4.67. The second-order valence-electron chi connectivity index (χ2n) is 5.33. The lowest BCUT2D eigenvalue weighted by molar-refractivity contribution is 0.471. The maximum absolute atomic E-state index is 12.3. The Labute approximate surface area is 115 Å². The number of aryl methyl sites for hydroxylation is 1. The highest BCUT2D eigenvalue weighted by Gasteiger charge is 2.25. The summed E-state index contributed by atoms with van der Waals surface area (Å²) in [6.45, 7) is 10.3.